The van der Waals surface area contributed by atoms with Gasteiger partial charge in [0.25, 0.3) is 0 Å². The number of allylic oxidation sites excluding steroid dienone is 1. The van der Waals surface area contributed by atoms with Crippen molar-refractivity contribution in [2.45, 2.75) is 53.4 Å². The summed E-state index contributed by atoms with van der Waals surface area (Å²) in [7, 11) is -2.56. The third-order valence-corrected chi connectivity index (χ3v) is 4.54. The summed E-state index contributed by atoms with van der Waals surface area (Å²) in [6.07, 6.45) is 6.03. The molecule has 0 radical (unpaired) electrons. The van der Waals surface area contributed by atoms with E-state index in [2.05, 4.69) is 33.8 Å². The van der Waals surface area contributed by atoms with Crippen LogP contribution in [0.5, 0.6) is 0 Å². The monoisotopic (exact) mass is 260 g/mol. The van der Waals surface area contributed by atoms with Crippen molar-refractivity contribution >= 4 is 8.80 Å². The van der Waals surface area contributed by atoms with E-state index in [-0.39, 0.29) is 0 Å². The minimum Gasteiger partial charge on any atom is -0.370 e. The Balaban J connectivity index is 4.57. The van der Waals surface area contributed by atoms with Crippen LogP contribution in [0.4, 0.5) is 0 Å². The van der Waals surface area contributed by atoms with Gasteiger partial charge in [-0.25, -0.2) is 0 Å². The molecule has 0 aliphatic carbocycles. The van der Waals surface area contributed by atoms with E-state index < -0.39 is 8.80 Å². The van der Waals surface area contributed by atoms with Gasteiger partial charge in [-0.3, -0.25) is 0 Å². The Morgan fingerprint density at radius 2 is 1.18 bits per heavy atom. The van der Waals surface area contributed by atoms with Crippen molar-refractivity contribution in [1.82, 2.24) is 0 Å². The summed E-state index contributed by atoms with van der Waals surface area (Å²) in [6, 6.07) is 0. The summed E-state index contributed by atoms with van der Waals surface area (Å²) in [5.74, 6) is 0. The second-order valence-corrected chi connectivity index (χ2v) is 6.37. The summed E-state index contributed by atoms with van der Waals surface area (Å²) in [6.45, 7) is 10.5. The Morgan fingerprint density at radius 1 is 0.765 bits per heavy atom. The van der Waals surface area contributed by atoms with Crippen molar-refractivity contribution in [2.75, 3.05) is 19.8 Å². The van der Waals surface area contributed by atoms with Crippen LogP contribution < -0.4 is 0 Å². The Hall–Kier alpha value is -0.163. The van der Waals surface area contributed by atoms with Crippen molar-refractivity contribution in [3.05, 3.63) is 11.8 Å². The van der Waals surface area contributed by atoms with Crippen molar-refractivity contribution in [1.29, 1.82) is 0 Å². The van der Waals surface area contributed by atoms with Gasteiger partial charge in [-0.05, 0) is 31.4 Å². The van der Waals surface area contributed by atoms with Gasteiger partial charge in [-0.1, -0.05) is 33.8 Å². The highest BCUT2D eigenvalue weighted by Gasteiger charge is 2.37. The molecule has 4 heteroatoms. The van der Waals surface area contributed by atoms with Crippen LogP contribution in [-0.4, -0.2) is 28.6 Å². The van der Waals surface area contributed by atoms with Crippen LogP contribution in [0.2, 0.25) is 0 Å². The lowest BCUT2D eigenvalue weighted by molar-refractivity contribution is 0.0715. The average Bonchev–Trinajstić information content (AvgIpc) is 2.37. The minimum absolute atomic E-state index is 0.702. The van der Waals surface area contributed by atoms with Crippen LogP contribution in [0.1, 0.15) is 53.4 Å². The van der Waals surface area contributed by atoms with Gasteiger partial charge < -0.3 is 13.3 Å². The molecule has 0 aliphatic rings. The first kappa shape index (κ1) is 16.8. The van der Waals surface area contributed by atoms with E-state index in [1.165, 1.54) is 0 Å². The Morgan fingerprint density at radius 3 is 1.47 bits per heavy atom. The summed E-state index contributed by atoms with van der Waals surface area (Å²) < 4.78 is 17.7. The predicted molar refractivity (Wildman–Crippen MR) is 73.9 cm³/mol. The van der Waals surface area contributed by atoms with Crippen LogP contribution in [-0.2, 0) is 13.3 Å². The number of hydrogen-bond acceptors (Lipinski definition) is 3. The van der Waals surface area contributed by atoms with Gasteiger partial charge in [0.05, 0.1) is 0 Å². The highest BCUT2D eigenvalue weighted by molar-refractivity contribution is 6.66. The van der Waals surface area contributed by atoms with Crippen molar-refractivity contribution in [3.63, 3.8) is 0 Å². The average molecular weight is 260 g/mol. The molecule has 0 aliphatic heterocycles. The third-order valence-electron chi connectivity index (χ3n) is 2.08. The van der Waals surface area contributed by atoms with Crippen LogP contribution in [0.3, 0.4) is 0 Å². The molecule has 3 nitrogen and oxygen atoms in total. The lowest BCUT2D eigenvalue weighted by atomic mass is 10.5. The van der Waals surface area contributed by atoms with Crippen molar-refractivity contribution in [3.8, 4) is 0 Å². The normalized spacial score (nSPS) is 12.5. The first-order valence-corrected chi connectivity index (χ1v) is 8.64. The standard InChI is InChI=1S/C13H28O3Si/c1-5-9-13-17(14-10-6-2,15-11-7-3)16-12-8-4/h9,13H,5-8,10-12H2,1-4H3/b13-9+. The van der Waals surface area contributed by atoms with Gasteiger partial charge in [0.15, 0.2) is 0 Å². The van der Waals surface area contributed by atoms with E-state index in [1.807, 2.05) is 5.70 Å². The second-order valence-electron chi connectivity index (χ2n) is 3.96. The van der Waals surface area contributed by atoms with Gasteiger partial charge in [0.1, 0.15) is 0 Å². The van der Waals surface area contributed by atoms with E-state index in [0.29, 0.717) is 19.8 Å². The Kier molecular flexibility index (Phi) is 10.9. The smallest absolute Gasteiger partial charge is 0.370 e. The molecule has 0 spiro atoms. The molecule has 0 aromatic heterocycles. The maximum absolute atomic E-state index is 5.89. The van der Waals surface area contributed by atoms with E-state index in [9.17, 15) is 0 Å². The highest BCUT2D eigenvalue weighted by atomic mass is 28.4. The number of rotatable bonds is 11. The van der Waals surface area contributed by atoms with E-state index in [0.717, 1.165) is 25.7 Å². The Bertz CT molecular complexity index is 173. The SMILES string of the molecule is CC/C=C/[Si](OCCC)(OCCC)OCCC. The van der Waals surface area contributed by atoms with Crippen LogP contribution >= 0.6 is 0 Å². The summed E-state index contributed by atoms with van der Waals surface area (Å²) in [4.78, 5) is 0. The molecule has 17 heavy (non-hydrogen) atoms. The van der Waals surface area contributed by atoms with E-state index in [1.54, 1.807) is 0 Å². The van der Waals surface area contributed by atoms with Gasteiger partial charge in [-0.15, -0.1) is 0 Å². The fraction of sp³-hybridized carbons (Fsp3) is 0.846. The molecule has 102 valence electrons. The zero-order chi connectivity index (χ0) is 13.0. The van der Waals surface area contributed by atoms with Crippen LogP contribution in [0.25, 0.3) is 0 Å². The van der Waals surface area contributed by atoms with Crippen LogP contribution in [0.15, 0.2) is 11.8 Å². The molecular weight excluding hydrogens is 232 g/mol. The lowest BCUT2D eigenvalue weighted by Gasteiger charge is -2.26. The van der Waals surface area contributed by atoms with E-state index in [4.69, 9.17) is 13.3 Å². The molecule has 0 saturated carbocycles. The van der Waals surface area contributed by atoms with Gasteiger partial charge in [0, 0.05) is 19.8 Å². The molecule has 0 saturated heterocycles. The second kappa shape index (κ2) is 11.0. The first-order chi connectivity index (χ1) is 8.24. The van der Waals surface area contributed by atoms with Crippen LogP contribution in [0, 0.1) is 0 Å². The van der Waals surface area contributed by atoms with Gasteiger partial charge >= 0.3 is 8.80 Å². The molecule has 0 unspecified atom stereocenters. The molecular formula is C13H28O3Si. The van der Waals surface area contributed by atoms with E-state index >= 15 is 0 Å². The largest absolute Gasteiger partial charge is 0.529 e. The number of hydrogen-bond donors (Lipinski definition) is 0. The lowest BCUT2D eigenvalue weighted by Crippen LogP contribution is -2.45. The molecule has 0 aromatic rings. The van der Waals surface area contributed by atoms with Crippen molar-refractivity contribution in [2.24, 2.45) is 0 Å². The molecule has 0 aromatic carbocycles. The molecule has 0 fully saturated rings. The first-order valence-electron chi connectivity index (χ1n) is 6.84. The zero-order valence-electron chi connectivity index (χ0n) is 11.8. The molecule has 0 atom stereocenters. The van der Waals surface area contributed by atoms with Gasteiger partial charge in [-0.2, -0.15) is 0 Å². The highest BCUT2D eigenvalue weighted by Crippen LogP contribution is 2.14. The molecule has 0 bridgehead atoms. The molecule has 0 rings (SSSR count). The van der Waals surface area contributed by atoms with Crippen molar-refractivity contribution < 1.29 is 13.3 Å². The fourth-order valence-corrected chi connectivity index (χ4v) is 3.79. The fourth-order valence-electron chi connectivity index (χ4n) is 1.26. The topological polar surface area (TPSA) is 27.7 Å². The summed E-state index contributed by atoms with van der Waals surface area (Å²) >= 11 is 0. The summed E-state index contributed by atoms with van der Waals surface area (Å²) in [5.41, 5.74) is 2.04. The molecule has 0 heterocycles. The third kappa shape index (κ3) is 7.71. The molecule has 0 N–H and O–H groups in total. The van der Waals surface area contributed by atoms with Gasteiger partial charge in [0.2, 0.25) is 0 Å². The zero-order valence-corrected chi connectivity index (χ0v) is 12.8. The minimum atomic E-state index is -2.56. The maximum atomic E-state index is 5.89. The Labute approximate surface area is 108 Å². The quantitative estimate of drug-likeness (QED) is 0.530. The summed E-state index contributed by atoms with van der Waals surface area (Å²) in [5, 5.41) is 0. The predicted octanol–water partition coefficient (Wildman–Crippen LogP) is 3.71. The molecule has 0 amide bonds. The maximum Gasteiger partial charge on any atom is 0.529 e.